The van der Waals surface area contributed by atoms with Crippen molar-refractivity contribution in [2.75, 3.05) is 7.11 Å². The first-order valence-corrected chi connectivity index (χ1v) is 4.44. The van der Waals surface area contributed by atoms with Crippen molar-refractivity contribution in [3.05, 3.63) is 34.4 Å². The van der Waals surface area contributed by atoms with Crippen LogP contribution in [0.5, 0.6) is 0 Å². The summed E-state index contributed by atoms with van der Waals surface area (Å²) in [5, 5.41) is 8.77. The normalized spacial score (nSPS) is 9.82. The molecule has 0 radical (unpaired) electrons. The first-order valence-electron chi connectivity index (χ1n) is 4.44. The summed E-state index contributed by atoms with van der Waals surface area (Å²) in [5.41, 5.74) is -1.59. The van der Waals surface area contributed by atoms with E-state index in [0.717, 1.165) is 19.2 Å². The van der Waals surface area contributed by atoms with Crippen molar-refractivity contribution in [2.24, 2.45) is 0 Å². The Morgan fingerprint density at radius 2 is 2.18 bits per heavy atom. The maximum absolute atomic E-state index is 12.7. The van der Waals surface area contributed by atoms with Gasteiger partial charge in [-0.1, -0.05) is 0 Å². The number of ether oxygens (including phenoxy) is 1. The van der Waals surface area contributed by atoms with Crippen molar-refractivity contribution in [3.63, 3.8) is 0 Å². The molecular weight excluding hydrogens is 232 g/mol. The molecule has 0 bridgehead atoms. The molecule has 1 rings (SSSR count). The lowest BCUT2D eigenvalue weighted by Crippen LogP contribution is -2.10. The summed E-state index contributed by atoms with van der Waals surface area (Å²) in [6.07, 6.45) is -2.65. The maximum Gasteiger partial charge on any atom is 0.339 e. The summed E-state index contributed by atoms with van der Waals surface area (Å²) in [4.78, 5) is 21.9. The monoisotopic (exact) mass is 239 g/mol. The number of carbonyl (C=O) groups excluding carboxylic acids is 2. The maximum atomic E-state index is 12.7. The van der Waals surface area contributed by atoms with Gasteiger partial charge >= 0.3 is 5.97 Å². The highest BCUT2D eigenvalue weighted by Gasteiger charge is 2.23. The van der Waals surface area contributed by atoms with E-state index in [1.807, 2.05) is 0 Å². The molecule has 0 aliphatic carbocycles. The topological polar surface area (TPSA) is 67.2 Å². The molecule has 88 valence electrons. The number of nitriles is 1. The number of methoxy groups -OCH3 is 1. The number of carbonyl (C=O) groups is 2. The standard InChI is InChI=1S/C11H7F2NO3/c1-17-11(16)9-7(4-14)2-6(5-15)3-8(9)10(12)13/h2-3,5,10H,1H3. The highest BCUT2D eigenvalue weighted by Crippen LogP contribution is 2.27. The number of nitrogens with zero attached hydrogens (tertiary/aromatic N) is 1. The van der Waals surface area contributed by atoms with Crippen LogP contribution in [0, 0.1) is 11.3 Å². The molecule has 0 N–H and O–H groups in total. The van der Waals surface area contributed by atoms with Crippen LogP contribution in [0.25, 0.3) is 0 Å². The zero-order chi connectivity index (χ0) is 13.0. The second kappa shape index (κ2) is 5.16. The minimum Gasteiger partial charge on any atom is -0.465 e. The molecule has 0 amide bonds. The van der Waals surface area contributed by atoms with E-state index in [4.69, 9.17) is 5.26 Å². The minimum atomic E-state index is -2.98. The highest BCUT2D eigenvalue weighted by atomic mass is 19.3. The molecule has 0 fully saturated rings. The van der Waals surface area contributed by atoms with E-state index in [9.17, 15) is 18.4 Å². The molecule has 0 unspecified atom stereocenters. The van der Waals surface area contributed by atoms with Crippen LogP contribution >= 0.6 is 0 Å². The van der Waals surface area contributed by atoms with Gasteiger partial charge in [-0.05, 0) is 12.1 Å². The smallest absolute Gasteiger partial charge is 0.339 e. The van der Waals surface area contributed by atoms with Crippen molar-refractivity contribution in [3.8, 4) is 6.07 Å². The van der Waals surface area contributed by atoms with Gasteiger partial charge in [-0.3, -0.25) is 4.79 Å². The summed E-state index contributed by atoms with van der Waals surface area (Å²) < 4.78 is 29.8. The van der Waals surface area contributed by atoms with E-state index < -0.39 is 23.5 Å². The van der Waals surface area contributed by atoms with E-state index in [0.29, 0.717) is 6.29 Å². The van der Waals surface area contributed by atoms with Gasteiger partial charge in [0.2, 0.25) is 0 Å². The number of halogens is 2. The summed E-state index contributed by atoms with van der Waals surface area (Å²) in [5.74, 6) is -1.03. The summed E-state index contributed by atoms with van der Waals surface area (Å²) >= 11 is 0. The lowest BCUT2D eigenvalue weighted by Gasteiger charge is -2.09. The van der Waals surface area contributed by atoms with E-state index in [1.54, 1.807) is 6.07 Å². The predicted octanol–water partition coefficient (Wildman–Crippen LogP) is 2.09. The van der Waals surface area contributed by atoms with Crippen molar-refractivity contribution in [2.45, 2.75) is 6.43 Å². The number of aldehydes is 1. The third-order valence-corrected chi connectivity index (χ3v) is 2.07. The quantitative estimate of drug-likeness (QED) is 0.598. The van der Waals surface area contributed by atoms with Crippen LogP contribution < -0.4 is 0 Å². The van der Waals surface area contributed by atoms with Crippen molar-refractivity contribution >= 4 is 12.3 Å². The third kappa shape index (κ3) is 2.45. The molecule has 0 aliphatic rings. The van der Waals surface area contributed by atoms with Crippen LogP contribution in [-0.2, 0) is 4.74 Å². The largest absolute Gasteiger partial charge is 0.465 e. The molecule has 6 heteroatoms. The van der Waals surface area contributed by atoms with Gasteiger partial charge in [0, 0.05) is 11.1 Å². The molecular formula is C11H7F2NO3. The minimum absolute atomic E-state index is 0.0931. The van der Waals surface area contributed by atoms with Crippen LogP contribution in [0.3, 0.4) is 0 Å². The molecule has 0 aliphatic heterocycles. The molecule has 4 nitrogen and oxygen atoms in total. The molecule has 0 aromatic heterocycles. The molecule has 0 saturated heterocycles. The zero-order valence-corrected chi connectivity index (χ0v) is 8.74. The summed E-state index contributed by atoms with van der Waals surface area (Å²) in [6, 6.07) is 3.51. The average molecular weight is 239 g/mol. The van der Waals surface area contributed by atoms with E-state index in [1.165, 1.54) is 0 Å². The van der Waals surface area contributed by atoms with E-state index in [-0.39, 0.29) is 11.1 Å². The van der Waals surface area contributed by atoms with Gasteiger partial charge in [-0.2, -0.15) is 5.26 Å². The molecule has 0 heterocycles. The first-order chi connectivity index (χ1) is 8.04. The van der Waals surface area contributed by atoms with Crippen LogP contribution in [0.4, 0.5) is 8.78 Å². The van der Waals surface area contributed by atoms with Crippen LogP contribution in [0.15, 0.2) is 12.1 Å². The second-order valence-corrected chi connectivity index (χ2v) is 3.05. The fraction of sp³-hybridized carbons (Fsp3) is 0.182. The Kier molecular flexibility index (Phi) is 3.88. The fourth-order valence-corrected chi connectivity index (χ4v) is 1.35. The van der Waals surface area contributed by atoms with Crippen LogP contribution in [-0.4, -0.2) is 19.4 Å². The number of esters is 1. The molecule has 0 spiro atoms. The van der Waals surface area contributed by atoms with Gasteiger partial charge < -0.3 is 4.74 Å². The molecule has 0 atom stereocenters. The van der Waals surface area contributed by atoms with Crippen molar-refractivity contribution < 1.29 is 23.1 Å². The number of alkyl halides is 2. The van der Waals surface area contributed by atoms with Crippen LogP contribution in [0.2, 0.25) is 0 Å². The fourth-order valence-electron chi connectivity index (χ4n) is 1.35. The van der Waals surface area contributed by atoms with Crippen molar-refractivity contribution in [1.29, 1.82) is 5.26 Å². The SMILES string of the molecule is COC(=O)c1c(C#N)cc(C=O)cc1C(F)F. The summed E-state index contributed by atoms with van der Waals surface area (Å²) in [6.45, 7) is 0. The van der Waals surface area contributed by atoms with Gasteiger partial charge in [0.15, 0.2) is 0 Å². The Morgan fingerprint density at radius 3 is 2.59 bits per heavy atom. The molecule has 0 saturated carbocycles. The van der Waals surface area contributed by atoms with Gasteiger partial charge in [-0.15, -0.1) is 0 Å². The predicted molar refractivity (Wildman–Crippen MR) is 52.8 cm³/mol. The number of hydrogen-bond acceptors (Lipinski definition) is 4. The van der Waals surface area contributed by atoms with E-state index >= 15 is 0 Å². The Labute approximate surface area is 95.4 Å². The lowest BCUT2D eigenvalue weighted by atomic mass is 9.98. The van der Waals surface area contributed by atoms with Gasteiger partial charge in [0.25, 0.3) is 6.43 Å². The van der Waals surface area contributed by atoms with Gasteiger partial charge in [0.05, 0.1) is 18.2 Å². The Bertz CT molecular complexity index is 506. The molecule has 1 aromatic rings. The van der Waals surface area contributed by atoms with Gasteiger partial charge in [0.1, 0.15) is 12.4 Å². The number of rotatable bonds is 3. The van der Waals surface area contributed by atoms with Crippen molar-refractivity contribution in [1.82, 2.24) is 0 Å². The Balaban J connectivity index is 3.59. The lowest BCUT2D eigenvalue weighted by molar-refractivity contribution is 0.0588. The third-order valence-electron chi connectivity index (χ3n) is 2.07. The zero-order valence-electron chi connectivity index (χ0n) is 8.74. The van der Waals surface area contributed by atoms with E-state index in [2.05, 4.69) is 4.74 Å². The number of hydrogen-bond donors (Lipinski definition) is 0. The molecule has 17 heavy (non-hydrogen) atoms. The highest BCUT2D eigenvalue weighted by molar-refractivity contribution is 5.95. The molecule has 1 aromatic carbocycles. The van der Waals surface area contributed by atoms with Gasteiger partial charge in [-0.25, -0.2) is 13.6 Å². The Morgan fingerprint density at radius 1 is 1.53 bits per heavy atom. The second-order valence-electron chi connectivity index (χ2n) is 3.05. The van der Waals surface area contributed by atoms with Crippen LogP contribution in [0.1, 0.15) is 38.3 Å². The summed E-state index contributed by atoms with van der Waals surface area (Å²) in [7, 11) is 1.02. The number of benzene rings is 1. The average Bonchev–Trinajstić information content (AvgIpc) is 2.35. The Hall–Kier alpha value is -2.29. The first kappa shape index (κ1) is 12.8.